The summed E-state index contributed by atoms with van der Waals surface area (Å²) in [6.07, 6.45) is 3.24. The van der Waals surface area contributed by atoms with E-state index in [4.69, 9.17) is 9.47 Å². The topological polar surface area (TPSA) is 59.6 Å². The van der Waals surface area contributed by atoms with Crippen LogP contribution in [-0.2, 0) is 11.3 Å². The SMILES string of the molecule is O=C(NCC[C@H]1CCCO1)Nc1cccc(OCc2cccc(F)c2)c1. The normalized spacial score (nSPS) is 16.3. The fourth-order valence-corrected chi connectivity index (χ4v) is 2.85. The van der Waals surface area contributed by atoms with E-state index in [1.165, 1.54) is 12.1 Å². The number of hydrogen-bond acceptors (Lipinski definition) is 3. The summed E-state index contributed by atoms with van der Waals surface area (Å²) in [7, 11) is 0. The van der Waals surface area contributed by atoms with Crippen LogP contribution in [0.15, 0.2) is 48.5 Å². The van der Waals surface area contributed by atoms with Crippen LogP contribution < -0.4 is 15.4 Å². The molecule has 1 saturated heterocycles. The molecule has 0 bridgehead atoms. The van der Waals surface area contributed by atoms with Crippen molar-refractivity contribution in [3.8, 4) is 5.75 Å². The van der Waals surface area contributed by atoms with Crippen molar-refractivity contribution in [2.24, 2.45) is 0 Å². The maximum absolute atomic E-state index is 13.2. The summed E-state index contributed by atoms with van der Waals surface area (Å²) in [5.41, 5.74) is 1.38. The minimum Gasteiger partial charge on any atom is -0.489 e. The van der Waals surface area contributed by atoms with Gasteiger partial charge in [-0.05, 0) is 49.1 Å². The third-order valence-corrected chi connectivity index (χ3v) is 4.16. The number of halogens is 1. The number of carbonyl (C=O) groups excluding carboxylic acids is 1. The molecule has 1 aliphatic heterocycles. The molecule has 2 aromatic rings. The second-order valence-electron chi connectivity index (χ2n) is 6.25. The summed E-state index contributed by atoms with van der Waals surface area (Å²) in [6.45, 7) is 1.65. The fourth-order valence-electron chi connectivity index (χ4n) is 2.85. The highest BCUT2D eigenvalue weighted by atomic mass is 19.1. The van der Waals surface area contributed by atoms with Gasteiger partial charge in [0, 0.05) is 24.9 Å². The molecule has 6 heteroatoms. The Hall–Kier alpha value is -2.60. The molecule has 2 N–H and O–H groups in total. The minimum atomic E-state index is -0.291. The number of ether oxygens (including phenoxy) is 2. The van der Waals surface area contributed by atoms with Crippen molar-refractivity contribution < 1.29 is 18.7 Å². The minimum absolute atomic E-state index is 0.259. The van der Waals surface area contributed by atoms with Gasteiger partial charge in [-0.2, -0.15) is 0 Å². The van der Waals surface area contributed by atoms with Crippen LogP contribution in [0.5, 0.6) is 5.75 Å². The van der Waals surface area contributed by atoms with E-state index in [0.29, 0.717) is 18.0 Å². The molecule has 2 amide bonds. The molecule has 0 radical (unpaired) electrons. The quantitative estimate of drug-likeness (QED) is 0.784. The van der Waals surface area contributed by atoms with Gasteiger partial charge in [0.05, 0.1) is 6.10 Å². The highest BCUT2D eigenvalue weighted by Gasteiger charge is 2.15. The van der Waals surface area contributed by atoms with Gasteiger partial charge >= 0.3 is 6.03 Å². The van der Waals surface area contributed by atoms with Gasteiger partial charge in [-0.15, -0.1) is 0 Å². The van der Waals surface area contributed by atoms with Gasteiger partial charge in [0.25, 0.3) is 0 Å². The first-order chi connectivity index (χ1) is 12.7. The zero-order valence-corrected chi connectivity index (χ0v) is 14.5. The van der Waals surface area contributed by atoms with Crippen LogP contribution in [0.3, 0.4) is 0 Å². The molecule has 1 fully saturated rings. The molecular formula is C20H23FN2O3. The van der Waals surface area contributed by atoms with Crippen molar-refractivity contribution in [1.29, 1.82) is 0 Å². The van der Waals surface area contributed by atoms with E-state index >= 15 is 0 Å². The first-order valence-electron chi connectivity index (χ1n) is 8.83. The van der Waals surface area contributed by atoms with Crippen molar-refractivity contribution in [3.05, 3.63) is 59.9 Å². The summed E-state index contributed by atoms with van der Waals surface area (Å²) in [5.74, 6) is 0.313. The van der Waals surface area contributed by atoms with E-state index in [9.17, 15) is 9.18 Å². The van der Waals surface area contributed by atoms with Crippen molar-refractivity contribution >= 4 is 11.7 Å². The summed E-state index contributed by atoms with van der Waals surface area (Å²) < 4.78 is 24.4. The maximum Gasteiger partial charge on any atom is 0.319 e. The van der Waals surface area contributed by atoms with Gasteiger partial charge in [0.1, 0.15) is 18.2 Å². The highest BCUT2D eigenvalue weighted by Crippen LogP contribution is 2.19. The molecule has 0 aliphatic carbocycles. The van der Waals surface area contributed by atoms with Crippen molar-refractivity contribution in [3.63, 3.8) is 0 Å². The Morgan fingerprint density at radius 1 is 1.23 bits per heavy atom. The van der Waals surface area contributed by atoms with E-state index < -0.39 is 0 Å². The van der Waals surface area contributed by atoms with Crippen molar-refractivity contribution in [1.82, 2.24) is 5.32 Å². The van der Waals surface area contributed by atoms with Gasteiger partial charge in [0.15, 0.2) is 0 Å². The van der Waals surface area contributed by atoms with Crippen LogP contribution in [0.2, 0.25) is 0 Å². The Morgan fingerprint density at radius 2 is 2.12 bits per heavy atom. The van der Waals surface area contributed by atoms with Crippen molar-refractivity contribution in [2.75, 3.05) is 18.5 Å². The second kappa shape index (κ2) is 9.20. The van der Waals surface area contributed by atoms with Crippen LogP contribution in [0.25, 0.3) is 0 Å². The van der Waals surface area contributed by atoms with Gasteiger partial charge in [0.2, 0.25) is 0 Å². The number of nitrogens with one attached hydrogen (secondary N) is 2. The Labute approximate surface area is 152 Å². The standard InChI is InChI=1S/C20H23FN2O3/c21-16-5-1-4-15(12-16)14-26-19-7-2-6-17(13-19)23-20(24)22-10-9-18-8-3-11-25-18/h1-2,4-7,12-13,18H,3,8-11,14H2,(H2,22,23,24)/t18-/m1/s1. The Balaban J connectivity index is 1.44. The lowest BCUT2D eigenvalue weighted by atomic mass is 10.2. The van der Waals surface area contributed by atoms with Gasteiger partial charge in [-0.25, -0.2) is 9.18 Å². The van der Waals surface area contributed by atoms with E-state index in [1.54, 1.807) is 36.4 Å². The summed E-state index contributed by atoms with van der Waals surface area (Å²) in [4.78, 5) is 12.0. The number of amides is 2. The van der Waals surface area contributed by atoms with Gasteiger partial charge in [-0.3, -0.25) is 0 Å². The monoisotopic (exact) mass is 358 g/mol. The Kier molecular flexibility index (Phi) is 6.44. The molecule has 0 spiro atoms. The predicted molar refractivity (Wildman–Crippen MR) is 97.8 cm³/mol. The zero-order chi connectivity index (χ0) is 18.2. The molecule has 138 valence electrons. The van der Waals surface area contributed by atoms with Crippen LogP contribution in [0, 0.1) is 5.82 Å². The lowest BCUT2D eigenvalue weighted by molar-refractivity contribution is 0.105. The predicted octanol–water partition coefficient (Wildman–Crippen LogP) is 4.10. The average molecular weight is 358 g/mol. The van der Waals surface area contributed by atoms with E-state index in [-0.39, 0.29) is 24.6 Å². The number of urea groups is 1. The number of anilines is 1. The first-order valence-corrected chi connectivity index (χ1v) is 8.83. The van der Waals surface area contributed by atoms with E-state index in [1.807, 2.05) is 0 Å². The average Bonchev–Trinajstić information content (AvgIpc) is 3.14. The third kappa shape index (κ3) is 5.74. The molecule has 2 aromatic carbocycles. The smallest absolute Gasteiger partial charge is 0.319 e. The lowest BCUT2D eigenvalue weighted by Crippen LogP contribution is -2.31. The fraction of sp³-hybridized carbons (Fsp3) is 0.350. The highest BCUT2D eigenvalue weighted by molar-refractivity contribution is 5.89. The summed E-state index contributed by atoms with van der Waals surface area (Å²) in [6, 6.07) is 13.1. The van der Waals surface area contributed by atoms with E-state index in [2.05, 4.69) is 10.6 Å². The number of rotatable bonds is 7. The summed E-state index contributed by atoms with van der Waals surface area (Å²) >= 11 is 0. The first kappa shape index (κ1) is 18.2. The number of carbonyl (C=O) groups is 1. The lowest BCUT2D eigenvalue weighted by Gasteiger charge is -2.12. The van der Waals surface area contributed by atoms with Crippen molar-refractivity contribution in [2.45, 2.75) is 32.0 Å². The van der Waals surface area contributed by atoms with Crippen LogP contribution >= 0.6 is 0 Å². The van der Waals surface area contributed by atoms with Crippen LogP contribution in [0.1, 0.15) is 24.8 Å². The number of hydrogen-bond donors (Lipinski definition) is 2. The molecule has 1 heterocycles. The van der Waals surface area contributed by atoms with Crippen LogP contribution in [-0.4, -0.2) is 25.3 Å². The molecule has 0 aromatic heterocycles. The Bertz CT molecular complexity index is 733. The van der Waals surface area contributed by atoms with E-state index in [0.717, 1.165) is 31.4 Å². The molecule has 1 aliphatic rings. The molecule has 1 atom stereocenters. The summed E-state index contributed by atoms with van der Waals surface area (Å²) in [5, 5.41) is 5.61. The number of benzene rings is 2. The second-order valence-corrected chi connectivity index (χ2v) is 6.25. The van der Waals surface area contributed by atoms with Gasteiger partial charge < -0.3 is 20.1 Å². The molecule has 26 heavy (non-hydrogen) atoms. The molecule has 0 unspecified atom stereocenters. The molecule has 5 nitrogen and oxygen atoms in total. The van der Waals surface area contributed by atoms with Gasteiger partial charge in [-0.1, -0.05) is 18.2 Å². The Morgan fingerprint density at radius 3 is 2.92 bits per heavy atom. The molecule has 3 rings (SSSR count). The zero-order valence-electron chi connectivity index (χ0n) is 14.5. The molecular weight excluding hydrogens is 335 g/mol. The molecule has 0 saturated carbocycles. The largest absolute Gasteiger partial charge is 0.489 e. The van der Waals surface area contributed by atoms with Crippen LogP contribution in [0.4, 0.5) is 14.9 Å². The third-order valence-electron chi connectivity index (χ3n) is 4.16. The maximum atomic E-state index is 13.2.